The summed E-state index contributed by atoms with van der Waals surface area (Å²) in [4.78, 5) is 24.4. The fourth-order valence-electron chi connectivity index (χ4n) is 3.31. The van der Waals surface area contributed by atoms with Gasteiger partial charge in [0.2, 0.25) is 11.0 Å². The van der Waals surface area contributed by atoms with Gasteiger partial charge in [-0.15, -0.1) is 21.5 Å². The van der Waals surface area contributed by atoms with Crippen molar-refractivity contribution in [3.8, 4) is 0 Å². The SMILES string of the molecule is CCC(Sc1ncnc2sc3c(c12)CCCC3)C(=O)Nc1nnc(C(C)C)s1. The first-order chi connectivity index (χ1) is 13.6. The molecule has 148 valence electrons. The molecule has 1 atom stereocenters. The van der Waals surface area contributed by atoms with Gasteiger partial charge in [0.05, 0.1) is 5.25 Å². The van der Waals surface area contributed by atoms with Crippen LogP contribution in [0.15, 0.2) is 11.4 Å². The molecule has 1 unspecified atom stereocenters. The third-order valence-electron chi connectivity index (χ3n) is 4.80. The zero-order valence-corrected chi connectivity index (χ0v) is 18.6. The number of nitrogens with zero attached hydrogens (tertiary/aromatic N) is 4. The van der Waals surface area contributed by atoms with Crippen molar-refractivity contribution >= 4 is 55.7 Å². The van der Waals surface area contributed by atoms with E-state index in [1.807, 2.05) is 6.92 Å². The molecule has 0 saturated carbocycles. The predicted molar refractivity (Wildman–Crippen MR) is 117 cm³/mol. The molecule has 6 nitrogen and oxygen atoms in total. The van der Waals surface area contributed by atoms with E-state index in [-0.39, 0.29) is 11.2 Å². The van der Waals surface area contributed by atoms with Crippen molar-refractivity contribution in [1.29, 1.82) is 0 Å². The monoisotopic (exact) mass is 433 g/mol. The molecule has 1 N–H and O–H groups in total. The molecule has 3 aromatic rings. The summed E-state index contributed by atoms with van der Waals surface area (Å²) in [5, 5.41) is 14.5. The minimum atomic E-state index is -0.233. The number of hydrogen-bond acceptors (Lipinski definition) is 8. The van der Waals surface area contributed by atoms with E-state index in [2.05, 4.69) is 39.3 Å². The molecule has 0 fully saturated rings. The number of carbonyl (C=O) groups excluding carboxylic acids is 1. The minimum absolute atomic E-state index is 0.0465. The summed E-state index contributed by atoms with van der Waals surface area (Å²) >= 11 is 4.76. The average molecular weight is 434 g/mol. The van der Waals surface area contributed by atoms with Gasteiger partial charge in [0.1, 0.15) is 21.2 Å². The quantitative estimate of drug-likeness (QED) is 0.432. The molecule has 28 heavy (non-hydrogen) atoms. The molecule has 3 heterocycles. The Morgan fingerprint density at radius 3 is 2.79 bits per heavy atom. The van der Waals surface area contributed by atoms with Crippen LogP contribution in [0, 0.1) is 0 Å². The predicted octanol–water partition coefficient (Wildman–Crippen LogP) is 5.05. The van der Waals surface area contributed by atoms with Crippen LogP contribution in [0.2, 0.25) is 0 Å². The molecule has 0 aliphatic heterocycles. The summed E-state index contributed by atoms with van der Waals surface area (Å²) in [6.45, 7) is 6.16. The molecule has 9 heteroatoms. The molecule has 0 spiro atoms. The number of amides is 1. The van der Waals surface area contributed by atoms with Crippen LogP contribution in [-0.4, -0.2) is 31.3 Å². The van der Waals surface area contributed by atoms with Crippen LogP contribution in [0.25, 0.3) is 10.2 Å². The minimum Gasteiger partial charge on any atom is -0.300 e. The first kappa shape index (κ1) is 19.7. The Morgan fingerprint density at radius 2 is 2.04 bits per heavy atom. The van der Waals surface area contributed by atoms with E-state index in [0.717, 1.165) is 33.1 Å². The fourth-order valence-corrected chi connectivity index (χ4v) is 6.40. The van der Waals surface area contributed by atoms with Crippen LogP contribution in [-0.2, 0) is 17.6 Å². The topological polar surface area (TPSA) is 80.7 Å². The lowest BCUT2D eigenvalue weighted by Crippen LogP contribution is -2.24. The Labute approximate surface area is 176 Å². The van der Waals surface area contributed by atoms with Crippen molar-refractivity contribution in [2.45, 2.75) is 69.1 Å². The van der Waals surface area contributed by atoms with E-state index in [1.165, 1.54) is 46.4 Å². The summed E-state index contributed by atoms with van der Waals surface area (Å²) in [5.74, 6) is 0.258. The summed E-state index contributed by atoms with van der Waals surface area (Å²) in [6, 6.07) is 0. The lowest BCUT2D eigenvalue weighted by Gasteiger charge is -2.15. The smallest absolute Gasteiger partial charge is 0.239 e. The van der Waals surface area contributed by atoms with Gasteiger partial charge in [0.15, 0.2) is 0 Å². The number of aromatic nitrogens is 4. The molecular formula is C19H23N5OS3. The second-order valence-electron chi connectivity index (χ2n) is 7.17. The van der Waals surface area contributed by atoms with Crippen LogP contribution in [0.1, 0.15) is 61.4 Å². The maximum atomic E-state index is 12.9. The molecule has 1 aliphatic rings. The maximum absolute atomic E-state index is 12.9. The van der Waals surface area contributed by atoms with Crippen LogP contribution in [0.5, 0.6) is 0 Å². The lowest BCUT2D eigenvalue weighted by molar-refractivity contribution is -0.115. The van der Waals surface area contributed by atoms with E-state index in [0.29, 0.717) is 17.5 Å². The number of rotatable bonds is 6. The van der Waals surface area contributed by atoms with Crippen molar-refractivity contribution in [3.05, 3.63) is 21.8 Å². The van der Waals surface area contributed by atoms with E-state index in [1.54, 1.807) is 17.7 Å². The van der Waals surface area contributed by atoms with Crippen molar-refractivity contribution < 1.29 is 4.79 Å². The van der Waals surface area contributed by atoms with Gasteiger partial charge in [-0.05, 0) is 37.7 Å². The number of hydrogen-bond donors (Lipinski definition) is 1. The van der Waals surface area contributed by atoms with Gasteiger partial charge in [-0.25, -0.2) is 9.97 Å². The Bertz CT molecular complexity index is 997. The van der Waals surface area contributed by atoms with Crippen molar-refractivity contribution in [1.82, 2.24) is 20.2 Å². The number of fused-ring (bicyclic) bond motifs is 3. The van der Waals surface area contributed by atoms with Gasteiger partial charge in [0.25, 0.3) is 0 Å². The Morgan fingerprint density at radius 1 is 1.21 bits per heavy atom. The number of carbonyl (C=O) groups is 1. The highest BCUT2D eigenvalue weighted by Gasteiger charge is 2.25. The number of anilines is 1. The Balaban J connectivity index is 1.56. The van der Waals surface area contributed by atoms with Crippen molar-refractivity contribution in [3.63, 3.8) is 0 Å². The number of nitrogens with one attached hydrogen (secondary N) is 1. The van der Waals surface area contributed by atoms with E-state index < -0.39 is 0 Å². The number of aryl methyl sites for hydroxylation is 2. The van der Waals surface area contributed by atoms with E-state index in [4.69, 9.17) is 0 Å². The first-order valence-corrected chi connectivity index (χ1v) is 12.1. The number of thiophene rings is 1. The fraction of sp³-hybridized carbons (Fsp3) is 0.526. The zero-order chi connectivity index (χ0) is 19.7. The normalized spacial score (nSPS) is 15.0. The third kappa shape index (κ3) is 3.92. The van der Waals surface area contributed by atoms with Crippen LogP contribution < -0.4 is 5.32 Å². The van der Waals surface area contributed by atoms with Gasteiger partial charge in [-0.3, -0.25) is 10.1 Å². The largest absolute Gasteiger partial charge is 0.300 e. The van der Waals surface area contributed by atoms with Gasteiger partial charge in [0, 0.05) is 16.2 Å². The molecule has 4 rings (SSSR count). The second kappa shape index (κ2) is 8.42. The van der Waals surface area contributed by atoms with Crippen LogP contribution in [0.3, 0.4) is 0 Å². The van der Waals surface area contributed by atoms with Crippen LogP contribution in [0.4, 0.5) is 5.13 Å². The molecule has 1 amide bonds. The lowest BCUT2D eigenvalue weighted by atomic mass is 9.97. The van der Waals surface area contributed by atoms with E-state index in [9.17, 15) is 4.79 Å². The summed E-state index contributed by atoms with van der Waals surface area (Å²) in [6.07, 6.45) is 7.01. The van der Waals surface area contributed by atoms with Gasteiger partial charge >= 0.3 is 0 Å². The van der Waals surface area contributed by atoms with Crippen molar-refractivity contribution in [2.75, 3.05) is 5.32 Å². The molecule has 0 bridgehead atoms. The molecule has 1 aliphatic carbocycles. The molecule has 3 aromatic heterocycles. The summed E-state index contributed by atoms with van der Waals surface area (Å²) < 4.78 is 0. The molecule has 0 aromatic carbocycles. The highest BCUT2D eigenvalue weighted by Crippen LogP contribution is 2.40. The Hall–Kier alpha value is -1.58. The zero-order valence-electron chi connectivity index (χ0n) is 16.2. The average Bonchev–Trinajstić information content (AvgIpc) is 3.30. The summed E-state index contributed by atoms with van der Waals surface area (Å²) in [5.41, 5.74) is 1.40. The van der Waals surface area contributed by atoms with Crippen molar-refractivity contribution in [2.24, 2.45) is 0 Å². The second-order valence-corrected chi connectivity index (χ2v) is 10.5. The molecule has 0 radical (unpaired) electrons. The first-order valence-electron chi connectivity index (χ1n) is 9.63. The molecule has 0 saturated heterocycles. The Kier molecular flexibility index (Phi) is 5.93. The van der Waals surface area contributed by atoms with Gasteiger partial charge in [-0.1, -0.05) is 43.9 Å². The standard InChI is InChI=1S/C19H23N5OS3/c1-4-12(15(25)22-19-24-23-16(28-19)10(2)3)26-17-14-11-7-5-6-8-13(11)27-18(14)21-9-20-17/h9-10,12H,4-8H2,1-3H3,(H,22,24,25). The van der Waals surface area contributed by atoms with E-state index >= 15 is 0 Å². The highest BCUT2D eigenvalue weighted by atomic mass is 32.2. The molecular weight excluding hydrogens is 410 g/mol. The van der Waals surface area contributed by atoms with Crippen LogP contribution >= 0.6 is 34.4 Å². The van der Waals surface area contributed by atoms with Gasteiger partial charge < -0.3 is 0 Å². The number of thioether (sulfide) groups is 1. The van der Waals surface area contributed by atoms with Gasteiger partial charge in [-0.2, -0.15) is 0 Å². The third-order valence-corrected chi connectivity index (χ3v) is 8.50. The maximum Gasteiger partial charge on any atom is 0.239 e. The highest BCUT2D eigenvalue weighted by molar-refractivity contribution is 8.00. The summed E-state index contributed by atoms with van der Waals surface area (Å²) in [7, 11) is 0.